The first kappa shape index (κ1) is 14.5. The fourth-order valence-corrected chi connectivity index (χ4v) is 1.69. The number of hydrogen-bond donors (Lipinski definition) is 2. The van der Waals surface area contributed by atoms with Gasteiger partial charge in [-0.05, 0) is 41.6 Å². The molecule has 1 aromatic rings. The molecule has 6 heteroatoms. The van der Waals surface area contributed by atoms with E-state index in [0.29, 0.717) is 19.7 Å². The molecule has 0 radical (unpaired) electrons. The average Bonchev–Trinajstić information content (AvgIpc) is 2.72. The first-order valence-corrected chi connectivity index (χ1v) is 6.45. The summed E-state index contributed by atoms with van der Waals surface area (Å²) in [6.45, 7) is 3.41. The predicted molar refractivity (Wildman–Crippen MR) is 72.6 cm³/mol. The van der Waals surface area contributed by atoms with E-state index in [1.807, 2.05) is 19.1 Å². The van der Waals surface area contributed by atoms with E-state index in [1.165, 1.54) is 0 Å². The van der Waals surface area contributed by atoms with Crippen molar-refractivity contribution in [3.05, 3.63) is 21.7 Å². The second-order valence-electron chi connectivity index (χ2n) is 3.59. The van der Waals surface area contributed by atoms with E-state index in [4.69, 9.17) is 9.15 Å². The molecule has 96 valence electrons. The van der Waals surface area contributed by atoms with Crippen LogP contribution in [0.2, 0.25) is 0 Å². The van der Waals surface area contributed by atoms with Crippen molar-refractivity contribution in [2.75, 3.05) is 20.3 Å². The maximum Gasteiger partial charge on any atom is 0.236 e. The smallest absolute Gasteiger partial charge is 0.236 e. The maximum absolute atomic E-state index is 11.6. The Bertz CT molecular complexity index is 354. The van der Waals surface area contributed by atoms with Crippen molar-refractivity contribution in [1.29, 1.82) is 0 Å². The van der Waals surface area contributed by atoms with Crippen LogP contribution in [0, 0.1) is 3.77 Å². The van der Waals surface area contributed by atoms with Crippen LogP contribution in [-0.4, -0.2) is 32.2 Å². The molecular weight excluding hydrogens is 335 g/mol. The van der Waals surface area contributed by atoms with Gasteiger partial charge in [-0.1, -0.05) is 0 Å². The SMILES string of the molecule is COCCNC(=O)C(C)NCc1ccc(I)o1. The highest BCUT2D eigenvalue weighted by Crippen LogP contribution is 2.09. The van der Waals surface area contributed by atoms with E-state index in [2.05, 4.69) is 33.2 Å². The van der Waals surface area contributed by atoms with Crippen molar-refractivity contribution in [3.63, 3.8) is 0 Å². The van der Waals surface area contributed by atoms with Crippen molar-refractivity contribution < 1.29 is 13.9 Å². The summed E-state index contributed by atoms with van der Waals surface area (Å²) in [7, 11) is 1.60. The number of nitrogens with one attached hydrogen (secondary N) is 2. The quantitative estimate of drug-likeness (QED) is 0.570. The summed E-state index contributed by atoms with van der Waals surface area (Å²) in [6.07, 6.45) is 0. The molecule has 0 aliphatic heterocycles. The Balaban J connectivity index is 2.24. The zero-order chi connectivity index (χ0) is 12.7. The molecule has 1 heterocycles. The first-order chi connectivity index (χ1) is 8.13. The average molecular weight is 352 g/mol. The monoisotopic (exact) mass is 352 g/mol. The van der Waals surface area contributed by atoms with Crippen LogP contribution in [0.4, 0.5) is 0 Å². The number of halogens is 1. The van der Waals surface area contributed by atoms with Gasteiger partial charge in [-0.2, -0.15) is 0 Å². The Kier molecular flexibility index (Phi) is 6.53. The summed E-state index contributed by atoms with van der Waals surface area (Å²) in [5.74, 6) is 0.786. The van der Waals surface area contributed by atoms with E-state index in [9.17, 15) is 4.79 Å². The van der Waals surface area contributed by atoms with Gasteiger partial charge in [0, 0.05) is 13.7 Å². The topological polar surface area (TPSA) is 63.5 Å². The van der Waals surface area contributed by atoms with Gasteiger partial charge in [-0.25, -0.2) is 0 Å². The Morgan fingerprint density at radius 1 is 1.59 bits per heavy atom. The number of ether oxygens (including phenoxy) is 1. The van der Waals surface area contributed by atoms with Crippen LogP contribution in [0.25, 0.3) is 0 Å². The molecule has 0 aliphatic rings. The normalized spacial score (nSPS) is 12.4. The fraction of sp³-hybridized carbons (Fsp3) is 0.545. The molecule has 0 bridgehead atoms. The molecule has 0 spiro atoms. The summed E-state index contributed by atoms with van der Waals surface area (Å²) >= 11 is 2.11. The van der Waals surface area contributed by atoms with Crippen molar-refractivity contribution in [1.82, 2.24) is 10.6 Å². The zero-order valence-electron chi connectivity index (χ0n) is 9.96. The Labute approximate surface area is 114 Å². The van der Waals surface area contributed by atoms with Crippen molar-refractivity contribution in [3.8, 4) is 0 Å². The molecule has 1 unspecified atom stereocenters. The number of carbonyl (C=O) groups excluding carboxylic acids is 1. The highest BCUT2D eigenvalue weighted by atomic mass is 127. The van der Waals surface area contributed by atoms with Crippen molar-refractivity contribution >= 4 is 28.5 Å². The number of rotatable bonds is 7. The first-order valence-electron chi connectivity index (χ1n) is 5.37. The molecule has 2 N–H and O–H groups in total. The molecule has 1 atom stereocenters. The third-order valence-electron chi connectivity index (χ3n) is 2.21. The van der Waals surface area contributed by atoms with Gasteiger partial charge < -0.3 is 14.5 Å². The van der Waals surface area contributed by atoms with Crippen molar-refractivity contribution in [2.45, 2.75) is 19.5 Å². The van der Waals surface area contributed by atoms with E-state index in [-0.39, 0.29) is 11.9 Å². The molecule has 0 fully saturated rings. The van der Waals surface area contributed by atoms with Gasteiger partial charge in [0.1, 0.15) is 5.76 Å². The Morgan fingerprint density at radius 3 is 2.94 bits per heavy atom. The second kappa shape index (κ2) is 7.67. The van der Waals surface area contributed by atoms with Gasteiger partial charge in [0.25, 0.3) is 0 Å². The molecule has 5 nitrogen and oxygen atoms in total. The summed E-state index contributed by atoms with van der Waals surface area (Å²) in [5.41, 5.74) is 0. The van der Waals surface area contributed by atoms with E-state index in [1.54, 1.807) is 7.11 Å². The van der Waals surface area contributed by atoms with E-state index >= 15 is 0 Å². The lowest BCUT2D eigenvalue weighted by atomic mass is 10.3. The van der Waals surface area contributed by atoms with Gasteiger partial charge in [0.2, 0.25) is 5.91 Å². The maximum atomic E-state index is 11.6. The number of hydrogen-bond acceptors (Lipinski definition) is 4. The van der Waals surface area contributed by atoms with Crippen LogP contribution in [0.3, 0.4) is 0 Å². The van der Waals surface area contributed by atoms with Gasteiger partial charge in [0.05, 0.1) is 19.2 Å². The van der Waals surface area contributed by atoms with Crippen LogP contribution in [0.5, 0.6) is 0 Å². The molecule has 1 amide bonds. The molecule has 0 aliphatic carbocycles. The third kappa shape index (κ3) is 5.51. The number of methoxy groups -OCH3 is 1. The largest absolute Gasteiger partial charge is 0.454 e. The van der Waals surface area contributed by atoms with Crippen LogP contribution in [-0.2, 0) is 16.1 Å². The number of furan rings is 1. The summed E-state index contributed by atoms with van der Waals surface area (Å²) in [5, 5.41) is 5.86. The summed E-state index contributed by atoms with van der Waals surface area (Å²) in [4.78, 5) is 11.6. The third-order valence-corrected chi connectivity index (χ3v) is 2.79. The summed E-state index contributed by atoms with van der Waals surface area (Å²) in [6, 6.07) is 3.53. The van der Waals surface area contributed by atoms with Crippen LogP contribution >= 0.6 is 22.6 Å². The second-order valence-corrected chi connectivity index (χ2v) is 4.66. The highest BCUT2D eigenvalue weighted by molar-refractivity contribution is 14.1. The fourth-order valence-electron chi connectivity index (χ4n) is 1.22. The van der Waals surface area contributed by atoms with Gasteiger partial charge >= 0.3 is 0 Å². The van der Waals surface area contributed by atoms with E-state index in [0.717, 1.165) is 9.53 Å². The molecular formula is C11H17IN2O3. The predicted octanol–water partition coefficient (Wildman–Crippen LogP) is 1.12. The van der Waals surface area contributed by atoms with E-state index < -0.39 is 0 Å². The lowest BCUT2D eigenvalue weighted by Crippen LogP contribution is -2.42. The molecule has 1 aromatic heterocycles. The molecule has 0 saturated carbocycles. The molecule has 17 heavy (non-hydrogen) atoms. The van der Waals surface area contributed by atoms with Gasteiger partial charge in [-0.15, -0.1) is 0 Å². The molecule has 1 rings (SSSR count). The minimum atomic E-state index is -0.255. The van der Waals surface area contributed by atoms with Crippen LogP contribution < -0.4 is 10.6 Å². The Morgan fingerprint density at radius 2 is 2.35 bits per heavy atom. The van der Waals surface area contributed by atoms with Gasteiger partial charge in [0.15, 0.2) is 3.77 Å². The van der Waals surface area contributed by atoms with Crippen LogP contribution in [0.15, 0.2) is 16.5 Å². The standard InChI is InChI=1S/C11H17IN2O3/c1-8(11(15)13-5-6-16-2)14-7-9-3-4-10(12)17-9/h3-4,8,14H,5-7H2,1-2H3,(H,13,15). The Hall–Kier alpha value is -0.600. The minimum absolute atomic E-state index is 0.0386. The minimum Gasteiger partial charge on any atom is -0.454 e. The van der Waals surface area contributed by atoms with Crippen LogP contribution in [0.1, 0.15) is 12.7 Å². The molecule has 0 aromatic carbocycles. The summed E-state index contributed by atoms with van der Waals surface area (Å²) < 4.78 is 11.1. The lowest BCUT2D eigenvalue weighted by Gasteiger charge is -2.12. The zero-order valence-corrected chi connectivity index (χ0v) is 12.1. The number of amides is 1. The highest BCUT2D eigenvalue weighted by Gasteiger charge is 2.11. The lowest BCUT2D eigenvalue weighted by molar-refractivity contribution is -0.123. The number of carbonyl (C=O) groups is 1. The van der Waals surface area contributed by atoms with Crippen molar-refractivity contribution in [2.24, 2.45) is 0 Å². The van der Waals surface area contributed by atoms with Gasteiger partial charge in [-0.3, -0.25) is 10.1 Å². The molecule has 0 saturated heterocycles.